The van der Waals surface area contributed by atoms with Crippen molar-refractivity contribution in [3.05, 3.63) is 262 Å². The van der Waals surface area contributed by atoms with E-state index in [1.54, 1.807) is 0 Å². The van der Waals surface area contributed by atoms with Crippen molar-refractivity contribution in [1.82, 2.24) is 0 Å². The Hall–Kier alpha value is -9.65. The molecule has 0 bridgehead atoms. The van der Waals surface area contributed by atoms with Crippen LogP contribution in [0.3, 0.4) is 0 Å². The molecule has 0 atom stereocenters. The van der Waals surface area contributed by atoms with Crippen molar-refractivity contribution in [3.63, 3.8) is 0 Å². The van der Waals surface area contributed by atoms with E-state index in [4.69, 9.17) is 9.47 Å². The van der Waals surface area contributed by atoms with Crippen LogP contribution in [0.25, 0.3) is 0 Å². The standard InChI is InChI=1S/C76H64B2N4O2/c1-45-23-11-15-35-61(45)79-65-44-66-60(43-59(65)77-57-33-13-17-37-63(57)81(73-47(3)25-19-26-48(73)4)69-41-55(39-67(79)71(69)77)83-75-51(7)29-21-30-52(75)8)78-58-34-14-18-38-64(58)82(74-49(5)27-20-28-50(74)6)70-42-56(84-76-53(9)31-22-32-54(76)10)40-68(72(70)78)80(66)62-36-16-12-24-46(62)2/h11-44H,1-10H3. The number of fused-ring (bicyclic) bond motifs is 8. The average Bonchev–Trinajstić information content (AvgIpc) is 0.810. The smallest absolute Gasteiger partial charge is 0.252 e. The molecule has 0 saturated carbocycles. The van der Waals surface area contributed by atoms with Crippen LogP contribution in [-0.2, 0) is 0 Å². The number of ether oxygens (including phenoxy) is 2. The van der Waals surface area contributed by atoms with Gasteiger partial charge >= 0.3 is 0 Å². The number of benzene rings is 11. The first kappa shape index (κ1) is 51.2. The Balaban J connectivity index is 1.08. The van der Waals surface area contributed by atoms with E-state index < -0.39 is 0 Å². The number of nitrogens with zero attached hydrogens (tertiary/aromatic N) is 4. The third-order valence-corrected chi connectivity index (χ3v) is 18.3. The van der Waals surface area contributed by atoms with Gasteiger partial charge in [-0.05, 0) is 188 Å². The van der Waals surface area contributed by atoms with Gasteiger partial charge in [0.05, 0.1) is 11.4 Å². The van der Waals surface area contributed by atoms with E-state index in [0.29, 0.717) is 0 Å². The van der Waals surface area contributed by atoms with E-state index in [1.807, 2.05) is 0 Å². The van der Waals surface area contributed by atoms with Gasteiger partial charge in [0.25, 0.3) is 13.4 Å². The molecule has 0 amide bonds. The summed E-state index contributed by atoms with van der Waals surface area (Å²) in [6.45, 7) is 21.7. The van der Waals surface area contributed by atoms with Crippen LogP contribution in [0.1, 0.15) is 55.6 Å². The molecular weight excluding hydrogens is 1020 g/mol. The van der Waals surface area contributed by atoms with E-state index in [9.17, 15) is 0 Å². The topological polar surface area (TPSA) is 31.4 Å². The average molecular weight is 1090 g/mol. The van der Waals surface area contributed by atoms with Gasteiger partial charge in [-0.15, -0.1) is 0 Å². The van der Waals surface area contributed by atoms with Crippen molar-refractivity contribution in [3.8, 4) is 23.0 Å². The second-order valence-electron chi connectivity index (χ2n) is 23.7. The molecule has 8 heteroatoms. The number of hydrogen-bond acceptors (Lipinski definition) is 6. The fourth-order valence-electron chi connectivity index (χ4n) is 14.6. The van der Waals surface area contributed by atoms with Gasteiger partial charge in [0.1, 0.15) is 23.0 Å². The molecule has 0 N–H and O–H groups in total. The summed E-state index contributed by atoms with van der Waals surface area (Å²) in [6.07, 6.45) is 0. The lowest BCUT2D eigenvalue weighted by atomic mass is 9.30. The largest absolute Gasteiger partial charge is 0.457 e. The third kappa shape index (κ3) is 7.73. The molecule has 15 rings (SSSR count). The minimum Gasteiger partial charge on any atom is -0.457 e. The maximum atomic E-state index is 7.29. The lowest BCUT2D eigenvalue weighted by molar-refractivity contribution is 0.475. The summed E-state index contributed by atoms with van der Waals surface area (Å²) < 4.78 is 14.6. The Kier molecular flexibility index (Phi) is 11.9. The van der Waals surface area contributed by atoms with Crippen molar-refractivity contribution in [2.45, 2.75) is 69.2 Å². The minimum atomic E-state index is -0.160. The maximum Gasteiger partial charge on any atom is 0.252 e. The zero-order chi connectivity index (χ0) is 57.4. The highest BCUT2D eigenvalue weighted by molar-refractivity contribution is 7.03. The zero-order valence-electron chi connectivity index (χ0n) is 49.4. The van der Waals surface area contributed by atoms with Crippen molar-refractivity contribution in [1.29, 1.82) is 0 Å². The fraction of sp³-hybridized carbons (Fsp3) is 0.132. The van der Waals surface area contributed by atoms with Crippen LogP contribution in [0.15, 0.2) is 206 Å². The Bertz CT molecular complexity index is 4220. The van der Waals surface area contributed by atoms with Crippen LogP contribution in [0.2, 0.25) is 0 Å². The monoisotopic (exact) mass is 1090 g/mol. The molecule has 0 spiro atoms. The Labute approximate surface area is 495 Å². The first-order valence-corrected chi connectivity index (χ1v) is 29.5. The van der Waals surface area contributed by atoms with Gasteiger partial charge in [-0.3, -0.25) is 0 Å². The van der Waals surface area contributed by atoms with Crippen LogP contribution < -0.4 is 61.9 Å². The molecule has 0 aromatic heterocycles. The lowest BCUT2D eigenvalue weighted by Gasteiger charge is -2.48. The van der Waals surface area contributed by atoms with Crippen molar-refractivity contribution in [2.24, 2.45) is 0 Å². The van der Waals surface area contributed by atoms with Gasteiger partial charge in [0, 0.05) is 81.1 Å². The highest BCUT2D eigenvalue weighted by Crippen LogP contribution is 2.53. The summed E-state index contributed by atoms with van der Waals surface area (Å²) in [5.41, 5.74) is 32.6. The molecule has 84 heavy (non-hydrogen) atoms. The second kappa shape index (κ2) is 19.5. The summed E-state index contributed by atoms with van der Waals surface area (Å²) in [6, 6.07) is 76.6. The lowest BCUT2D eigenvalue weighted by Crippen LogP contribution is -2.65. The van der Waals surface area contributed by atoms with Crippen LogP contribution >= 0.6 is 0 Å². The summed E-state index contributed by atoms with van der Waals surface area (Å²) in [5.74, 6) is 3.31. The summed E-state index contributed by atoms with van der Waals surface area (Å²) in [7, 11) is 0. The Morgan fingerprint density at radius 3 is 0.893 bits per heavy atom. The molecule has 6 nitrogen and oxygen atoms in total. The number of aryl methyl sites for hydroxylation is 10. The van der Waals surface area contributed by atoms with Crippen LogP contribution in [-0.4, -0.2) is 13.4 Å². The summed E-state index contributed by atoms with van der Waals surface area (Å²) in [5, 5.41) is 0. The summed E-state index contributed by atoms with van der Waals surface area (Å²) in [4.78, 5) is 10.2. The molecular formula is C76H64B2N4O2. The normalized spacial score (nSPS) is 13.2. The molecule has 4 heterocycles. The Morgan fingerprint density at radius 1 is 0.238 bits per heavy atom. The van der Waals surface area contributed by atoms with E-state index in [1.165, 1.54) is 77.5 Å². The van der Waals surface area contributed by atoms with Gasteiger partial charge in [0.15, 0.2) is 0 Å². The van der Waals surface area contributed by atoms with E-state index in [-0.39, 0.29) is 13.4 Å². The Morgan fingerprint density at radius 2 is 0.536 bits per heavy atom. The molecule has 0 saturated heterocycles. The maximum absolute atomic E-state index is 7.29. The third-order valence-electron chi connectivity index (χ3n) is 18.3. The highest BCUT2D eigenvalue weighted by atomic mass is 16.5. The van der Waals surface area contributed by atoms with Gasteiger partial charge < -0.3 is 29.1 Å². The number of anilines is 12. The van der Waals surface area contributed by atoms with Gasteiger partial charge in [-0.2, -0.15) is 0 Å². The molecule has 0 aliphatic carbocycles. The van der Waals surface area contributed by atoms with Gasteiger partial charge in [-0.1, -0.05) is 152 Å². The number of hydrogen-bond donors (Lipinski definition) is 0. The van der Waals surface area contributed by atoms with Crippen LogP contribution in [0.5, 0.6) is 23.0 Å². The molecule has 0 unspecified atom stereocenters. The first-order chi connectivity index (χ1) is 40.8. The molecule has 4 aliphatic rings. The summed E-state index contributed by atoms with van der Waals surface area (Å²) >= 11 is 0. The first-order valence-electron chi connectivity index (χ1n) is 29.5. The van der Waals surface area contributed by atoms with Crippen LogP contribution in [0.4, 0.5) is 68.2 Å². The quantitative estimate of drug-likeness (QED) is 0.141. The highest BCUT2D eigenvalue weighted by Gasteiger charge is 2.49. The van der Waals surface area contributed by atoms with E-state index >= 15 is 0 Å². The van der Waals surface area contributed by atoms with Crippen molar-refractivity contribution < 1.29 is 9.47 Å². The molecule has 4 aliphatic heterocycles. The number of para-hydroxylation sites is 8. The van der Waals surface area contributed by atoms with E-state index in [0.717, 1.165) is 102 Å². The molecule has 0 fully saturated rings. The number of rotatable bonds is 8. The van der Waals surface area contributed by atoms with Crippen molar-refractivity contribution >= 4 is 114 Å². The molecule has 0 radical (unpaired) electrons. The second-order valence-corrected chi connectivity index (χ2v) is 23.7. The van der Waals surface area contributed by atoms with E-state index in [2.05, 4.69) is 295 Å². The molecule has 11 aromatic carbocycles. The van der Waals surface area contributed by atoms with Crippen LogP contribution in [0, 0.1) is 69.2 Å². The predicted molar refractivity (Wildman–Crippen MR) is 355 cm³/mol. The molecule has 406 valence electrons. The fourth-order valence-corrected chi connectivity index (χ4v) is 14.6. The minimum absolute atomic E-state index is 0.160. The molecule has 11 aromatic rings. The van der Waals surface area contributed by atoms with Gasteiger partial charge in [0.2, 0.25) is 0 Å². The SMILES string of the molecule is Cc1ccccc1N1c2cc3c(cc2B2c4ccccc4N(c4c(C)cccc4C)c4cc(Oc5c(C)cccc5C)cc1c42)B1c2ccccc2N(c2c(C)cccc2C)c2cc(Oc4c(C)cccc4C)cc(c21)N3c1ccccc1C. The zero-order valence-corrected chi connectivity index (χ0v) is 49.4. The van der Waals surface area contributed by atoms with Crippen molar-refractivity contribution in [2.75, 3.05) is 19.6 Å². The van der Waals surface area contributed by atoms with Gasteiger partial charge in [-0.25, -0.2) is 0 Å². The predicted octanol–water partition coefficient (Wildman–Crippen LogP) is 16.5.